The zero-order valence-electron chi connectivity index (χ0n) is 13.1. The number of carboxylic acids is 1. The fraction of sp³-hybridized carbons (Fsp3) is 0.562. The Labute approximate surface area is 138 Å². The molecular formula is C16H21BrO5. The molecule has 0 heterocycles. The Hall–Kier alpha value is -1.43. The molecule has 0 unspecified atom stereocenters. The number of methoxy groups -OCH3 is 3. The molecule has 1 fully saturated rings. The van der Waals surface area contributed by atoms with Gasteiger partial charge in [-0.1, -0.05) is 35.2 Å². The molecule has 0 radical (unpaired) electrons. The predicted molar refractivity (Wildman–Crippen MR) is 86.2 cm³/mol. The Morgan fingerprint density at radius 2 is 1.68 bits per heavy atom. The fourth-order valence-electron chi connectivity index (χ4n) is 3.30. The Morgan fingerprint density at radius 3 is 2.14 bits per heavy atom. The highest BCUT2D eigenvalue weighted by Gasteiger charge is 2.46. The zero-order chi connectivity index (χ0) is 16.3. The lowest BCUT2D eigenvalue weighted by Crippen LogP contribution is -2.38. The van der Waals surface area contributed by atoms with E-state index >= 15 is 0 Å². The number of rotatable bonds is 5. The second-order valence-corrected chi connectivity index (χ2v) is 6.30. The van der Waals surface area contributed by atoms with E-state index in [9.17, 15) is 9.90 Å². The van der Waals surface area contributed by atoms with Gasteiger partial charge in [0.15, 0.2) is 11.5 Å². The predicted octanol–water partition coefficient (Wildman–Crippen LogP) is 3.76. The lowest BCUT2D eigenvalue weighted by Gasteiger charge is -2.35. The number of hydrogen-bond acceptors (Lipinski definition) is 4. The SMILES string of the molecule is COc1cc(Br)c(C2(C(=O)O)CCCCC2)c(OC)c1OC. The van der Waals surface area contributed by atoms with Gasteiger partial charge in [-0.2, -0.15) is 0 Å². The van der Waals surface area contributed by atoms with Gasteiger partial charge in [-0.25, -0.2) is 0 Å². The maximum atomic E-state index is 12.1. The first-order chi connectivity index (χ1) is 10.5. The largest absolute Gasteiger partial charge is 0.493 e. The molecule has 1 aliphatic carbocycles. The van der Waals surface area contributed by atoms with Crippen LogP contribution in [0.1, 0.15) is 37.7 Å². The zero-order valence-corrected chi connectivity index (χ0v) is 14.7. The van der Waals surface area contributed by atoms with Crippen molar-refractivity contribution in [3.05, 3.63) is 16.1 Å². The van der Waals surface area contributed by atoms with Gasteiger partial charge in [0.25, 0.3) is 0 Å². The van der Waals surface area contributed by atoms with Gasteiger partial charge in [-0.3, -0.25) is 4.79 Å². The molecule has 5 nitrogen and oxygen atoms in total. The Kier molecular flexibility index (Phi) is 5.21. The van der Waals surface area contributed by atoms with E-state index in [0.29, 0.717) is 40.1 Å². The second-order valence-electron chi connectivity index (χ2n) is 5.45. The van der Waals surface area contributed by atoms with Crippen molar-refractivity contribution in [2.24, 2.45) is 0 Å². The van der Waals surface area contributed by atoms with Gasteiger partial charge in [-0.15, -0.1) is 0 Å². The van der Waals surface area contributed by atoms with E-state index in [4.69, 9.17) is 14.2 Å². The number of halogens is 1. The molecule has 0 saturated heterocycles. The minimum Gasteiger partial charge on any atom is -0.493 e. The highest BCUT2D eigenvalue weighted by molar-refractivity contribution is 9.10. The van der Waals surface area contributed by atoms with E-state index in [1.54, 1.807) is 6.07 Å². The lowest BCUT2D eigenvalue weighted by atomic mass is 9.69. The summed E-state index contributed by atoms with van der Waals surface area (Å²) in [6, 6.07) is 1.75. The van der Waals surface area contributed by atoms with Gasteiger partial charge < -0.3 is 19.3 Å². The molecule has 1 N–H and O–H groups in total. The van der Waals surface area contributed by atoms with Crippen molar-refractivity contribution in [3.63, 3.8) is 0 Å². The molecule has 1 aromatic carbocycles. The molecule has 0 atom stereocenters. The number of carboxylic acid groups (broad SMARTS) is 1. The lowest BCUT2D eigenvalue weighted by molar-refractivity contribution is -0.145. The van der Waals surface area contributed by atoms with Crippen LogP contribution in [-0.2, 0) is 10.2 Å². The third-order valence-corrected chi connectivity index (χ3v) is 5.00. The van der Waals surface area contributed by atoms with Gasteiger partial charge in [0, 0.05) is 10.0 Å². The van der Waals surface area contributed by atoms with E-state index in [1.807, 2.05) is 0 Å². The van der Waals surface area contributed by atoms with Crippen LogP contribution in [0, 0.1) is 0 Å². The Morgan fingerprint density at radius 1 is 1.09 bits per heavy atom. The van der Waals surface area contributed by atoms with E-state index in [0.717, 1.165) is 19.3 Å². The Balaban J connectivity index is 2.74. The quantitative estimate of drug-likeness (QED) is 0.852. The summed E-state index contributed by atoms with van der Waals surface area (Å²) in [5.74, 6) is 0.539. The van der Waals surface area contributed by atoms with Crippen LogP contribution in [0.2, 0.25) is 0 Å². The van der Waals surface area contributed by atoms with E-state index < -0.39 is 11.4 Å². The molecule has 0 aromatic heterocycles. The van der Waals surface area contributed by atoms with Crippen molar-refractivity contribution in [2.45, 2.75) is 37.5 Å². The van der Waals surface area contributed by atoms with E-state index in [1.165, 1.54) is 21.3 Å². The summed E-state index contributed by atoms with van der Waals surface area (Å²) < 4.78 is 16.9. The average molecular weight is 373 g/mol. The summed E-state index contributed by atoms with van der Waals surface area (Å²) in [5, 5.41) is 9.93. The van der Waals surface area contributed by atoms with Gasteiger partial charge >= 0.3 is 5.97 Å². The average Bonchev–Trinajstić information content (AvgIpc) is 2.53. The van der Waals surface area contributed by atoms with Gasteiger partial charge in [0.1, 0.15) is 0 Å². The standard InChI is InChI=1S/C16H21BrO5/c1-20-11-9-10(17)12(14(22-3)13(11)21-2)16(15(18)19)7-5-4-6-8-16/h9H,4-8H2,1-3H3,(H,18,19). The highest BCUT2D eigenvalue weighted by Crippen LogP contribution is 2.52. The Bertz CT molecular complexity index is 564. The highest BCUT2D eigenvalue weighted by atomic mass is 79.9. The first-order valence-corrected chi connectivity index (χ1v) is 8.03. The van der Waals surface area contributed by atoms with Crippen LogP contribution in [0.5, 0.6) is 17.2 Å². The summed E-state index contributed by atoms with van der Waals surface area (Å²) >= 11 is 3.50. The molecule has 1 aromatic rings. The fourth-order valence-corrected chi connectivity index (χ4v) is 4.07. The summed E-state index contributed by atoms with van der Waals surface area (Å²) in [5.41, 5.74) is -0.318. The summed E-state index contributed by atoms with van der Waals surface area (Å²) in [6.45, 7) is 0. The number of aliphatic carboxylic acids is 1. The summed E-state index contributed by atoms with van der Waals surface area (Å²) in [6.07, 6.45) is 4.01. The van der Waals surface area contributed by atoms with Gasteiger partial charge in [0.2, 0.25) is 5.75 Å². The van der Waals surface area contributed by atoms with Gasteiger partial charge in [-0.05, 0) is 18.9 Å². The third kappa shape index (κ3) is 2.64. The number of carbonyl (C=O) groups is 1. The minimum atomic E-state index is -0.956. The van der Waals surface area contributed by atoms with Crippen LogP contribution in [0.4, 0.5) is 0 Å². The molecular weight excluding hydrogens is 352 g/mol. The third-order valence-electron chi connectivity index (χ3n) is 4.38. The van der Waals surface area contributed by atoms with Crippen LogP contribution in [0.25, 0.3) is 0 Å². The number of ether oxygens (including phenoxy) is 3. The molecule has 0 amide bonds. The molecule has 1 saturated carbocycles. The van der Waals surface area contributed by atoms with Crippen molar-refractivity contribution in [1.82, 2.24) is 0 Å². The monoisotopic (exact) mass is 372 g/mol. The summed E-state index contributed by atoms with van der Waals surface area (Å²) in [7, 11) is 4.58. The van der Waals surface area contributed by atoms with Crippen molar-refractivity contribution in [1.29, 1.82) is 0 Å². The van der Waals surface area contributed by atoms with Crippen LogP contribution in [0.15, 0.2) is 10.5 Å². The van der Waals surface area contributed by atoms with Crippen molar-refractivity contribution in [2.75, 3.05) is 21.3 Å². The smallest absolute Gasteiger partial charge is 0.314 e. The van der Waals surface area contributed by atoms with E-state index in [-0.39, 0.29) is 0 Å². The van der Waals surface area contributed by atoms with Crippen molar-refractivity contribution in [3.8, 4) is 17.2 Å². The second kappa shape index (κ2) is 6.77. The van der Waals surface area contributed by atoms with Crippen LogP contribution >= 0.6 is 15.9 Å². The van der Waals surface area contributed by atoms with Gasteiger partial charge in [0.05, 0.1) is 26.7 Å². The van der Waals surface area contributed by atoms with E-state index in [2.05, 4.69) is 15.9 Å². The maximum absolute atomic E-state index is 12.1. The van der Waals surface area contributed by atoms with Crippen molar-refractivity contribution >= 4 is 21.9 Å². The molecule has 6 heteroatoms. The molecule has 22 heavy (non-hydrogen) atoms. The first-order valence-electron chi connectivity index (χ1n) is 7.24. The van der Waals surface area contributed by atoms with Crippen LogP contribution < -0.4 is 14.2 Å². The molecule has 2 rings (SSSR count). The molecule has 0 aliphatic heterocycles. The minimum absolute atomic E-state index is 0.425. The van der Waals surface area contributed by atoms with Crippen LogP contribution in [-0.4, -0.2) is 32.4 Å². The molecule has 1 aliphatic rings. The molecule has 0 bridgehead atoms. The van der Waals surface area contributed by atoms with Crippen molar-refractivity contribution < 1.29 is 24.1 Å². The summed E-state index contributed by atoms with van der Waals surface area (Å²) in [4.78, 5) is 12.1. The topological polar surface area (TPSA) is 65.0 Å². The molecule has 0 spiro atoms. The normalized spacial score (nSPS) is 16.9. The first kappa shape index (κ1) is 16.9. The maximum Gasteiger partial charge on any atom is 0.314 e. The number of benzene rings is 1. The van der Waals surface area contributed by atoms with Crippen LogP contribution in [0.3, 0.4) is 0 Å². The molecule has 122 valence electrons. The number of hydrogen-bond donors (Lipinski definition) is 1.